The molecule has 1 aliphatic carbocycles. The molecule has 1 saturated heterocycles. The molecule has 0 unspecified atom stereocenters. The third kappa shape index (κ3) is 1.53. The lowest BCUT2D eigenvalue weighted by molar-refractivity contribution is -0.122. The molecular weight excluding hydrogens is 306 g/mol. The molecule has 1 fully saturated rings. The Bertz CT molecular complexity index is 897. The molecule has 5 nitrogen and oxygen atoms in total. The van der Waals surface area contributed by atoms with Crippen LogP contribution in [-0.2, 0) is 10.3 Å². The third-order valence-corrected chi connectivity index (χ3v) is 4.23. The van der Waals surface area contributed by atoms with Gasteiger partial charge in [-0.25, -0.2) is 13.6 Å². The van der Waals surface area contributed by atoms with Gasteiger partial charge in [-0.1, -0.05) is 12.1 Å². The lowest BCUT2D eigenvalue weighted by atomic mass is 9.87. The Morgan fingerprint density at radius 3 is 2.48 bits per heavy atom. The number of hydrogen-bond donors (Lipinski definition) is 2. The maximum atomic E-state index is 14.2. The van der Waals surface area contributed by atoms with Crippen molar-refractivity contribution in [1.29, 1.82) is 0 Å². The first-order valence-corrected chi connectivity index (χ1v) is 6.80. The number of carbonyl (C=O) groups excluding carboxylic acids is 2. The number of urea groups is 1. The smallest absolute Gasteiger partial charge is 0.322 e. The van der Waals surface area contributed by atoms with Crippen molar-refractivity contribution in [2.24, 2.45) is 0 Å². The summed E-state index contributed by atoms with van der Waals surface area (Å²) in [5.41, 5.74) is -0.228. The molecule has 2 aromatic carbocycles. The molecule has 4 rings (SSSR count). The fourth-order valence-electron chi connectivity index (χ4n) is 3.37. The fourth-order valence-corrected chi connectivity index (χ4v) is 3.37. The summed E-state index contributed by atoms with van der Waals surface area (Å²) >= 11 is 0. The van der Waals surface area contributed by atoms with E-state index in [1.165, 1.54) is 31.4 Å². The summed E-state index contributed by atoms with van der Waals surface area (Å²) in [4.78, 5) is 24.3. The third-order valence-electron chi connectivity index (χ3n) is 4.23. The Balaban J connectivity index is 2.16. The van der Waals surface area contributed by atoms with Gasteiger partial charge in [0.05, 0.1) is 7.11 Å². The van der Waals surface area contributed by atoms with Crippen LogP contribution in [0.3, 0.4) is 0 Å². The number of ether oxygens (including phenoxy) is 1. The molecule has 2 aromatic rings. The Morgan fingerprint density at radius 2 is 1.83 bits per heavy atom. The zero-order valence-electron chi connectivity index (χ0n) is 11.9. The molecule has 2 N–H and O–H groups in total. The number of amides is 3. The van der Waals surface area contributed by atoms with Gasteiger partial charge in [-0.2, -0.15) is 0 Å². The van der Waals surface area contributed by atoms with Crippen LogP contribution in [0.15, 0.2) is 30.3 Å². The molecule has 1 heterocycles. The second kappa shape index (κ2) is 4.28. The van der Waals surface area contributed by atoms with E-state index >= 15 is 0 Å². The number of nitrogens with one attached hydrogen (secondary N) is 2. The Hall–Kier alpha value is -2.96. The van der Waals surface area contributed by atoms with E-state index in [1.807, 2.05) is 0 Å². The molecule has 116 valence electrons. The van der Waals surface area contributed by atoms with E-state index in [-0.39, 0.29) is 16.9 Å². The van der Waals surface area contributed by atoms with Crippen molar-refractivity contribution in [2.45, 2.75) is 5.54 Å². The highest BCUT2D eigenvalue weighted by Crippen LogP contribution is 2.53. The minimum atomic E-state index is -1.70. The minimum Gasteiger partial charge on any atom is -0.493 e. The number of fused-ring (bicyclic) bond motifs is 5. The van der Waals surface area contributed by atoms with Crippen molar-refractivity contribution < 1.29 is 23.1 Å². The van der Waals surface area contributed by atoms with Gasteiger partial charge in [-0.05, 0) is 29.3 Å². The lowest BCUT2D eigenvalue weighted by Gasteiger charge is -2.24. The maximum absolute atomic E-state index is 14.2. The molecule has 1 atom stereocenters. The van der Waals surface area contributed by atoms with E-state index in [2.05, 4.69) is 10.6 Å². The predicted molar refractivity (Wildman–Crippen MR) is 75.8 cm³/mol. The number of hydrogen-bond acceptors (Lipinski definition) is 3. The summed E-state index contributed by atoms with van der Waals surface area (Å²) in [6.45, 7) is 0. The largest absolute Gasteiger partial charge is 0.493 e. The van der Waals surface area contributed by atoms with Crippen molar-refractivity contribution in [3.8, 4) is 16.9 Å². The quantitative estimate of drug-likeness (QED) is 0.791. The summed E-state index contributed by atoms with van der Waals surface area (Å²) in [5.74, 6) is -2.09. The Kier molecular flexibility index (Phi) is 2.55. The zero-order chi connectivity index (χ0) is 16.4. The van der Waals surface area contributed by atoms with Crippen molar-refractivity contribution in [2.75, 3.05) is 7.11 Å². The minimum absolute atomic E-state index is 0.156. The summed E-state index contributed by atoms with van der Waals surface area (Å²) in [6.07, 6.45) is 0. The molecule has 7 heteroatoms. The molecule has 0 aromatic heterocycles. The predicted octanol–water partition coefficient (Wildman–Crippen LogP) is 2.04. The molecule has 1 spiro atoms. The van der Waals surface area contributed by atoms with Crippen LogP contribution >= 0.6 is 0 Å². The van der Waals surface area contributed by atoms with Gasteiger partial charge in [0.15, 0.2) is 17.1 Å². The Morgan fingerprint density at radius 1 is 1.09 bits per heavy atom. The van der Waals surface area contributed by atoms with Crippen LogP contribution < -0.4 is 15.4 Å². The normalized spacial score (nSPS) is 21.0. The highest BCUT2D eigenvalue weighted by molar-refractivity contribution is 6.13. The number of imide groups is 1. The van der Waals surface area contributed by atoms with Gasteiger partial charge in [0.2, 0.25) is 0 Å². The van der Waals surface area contributed by atoms with Crippen LogP contribution in [0.2, 0.25) is 0 Å². The molecular formula is C16H10F2N2O3. The molecule has 1 aliphatic heterocycles. The first kappa shape index (κ1) is 13.7. The second-order valence-corrected chi connectivity index (χ2v) is 5.35. The fraction of sp³-hybridized carbons (Fsp3) is 0.125. The zero-order valence-corrected chi connectivity index (χ0v) is 11.9. The summed E-state index contributed by atoms with van der Waals surface area (Å²) in [6, 6.07) is 5.86. The number of benzene rings is 2. The van der Waals surface area contributed by atoms with Gasteiger partial charge < -0.3 is 10.1 Å². The van der Waals surface area contributed by atoms with Crippen LogP contribution in [0, 0.1) is 11.6 Å². The van der Waals surface area contributed by atoms with E-state index in [0.717, 1.165) is 6.07 Å². The van der Waals surface area contributed by atoms with E-state index in [1.54, 1.807) is 0 Å². The molecule has 3 amide bonds. The first-order chi connectivity index (χ1) is 11.0. The van der Waals surface area contributed by atoms with Gasteiger partial charge in [0, 0.05) is 11.1 Å². The maximum Gasteiger partial charge on any atom is 0.322 e. The highest BCUT2D eigenvalue weighted by atomic mass is 19.1. The van der Waals surface area contributed by atoms with Gasteiger partial charge in [-0.3, -0.25) is 10.1 Å². The van der Waals surface area contributed by atoms with E-state index in [4.69, 9.17) is 4.74 Å². The average molecular weight is 316 g/mol. The molecule has 23 heavy (non-hydrogen) atoms. The van der Waals surface area contributed by atoms with Crippen LogP contribution in [0.5, 0.6) is 5.75 Å². The summed E-state index contributed by atoms with van der Waals surface area (Å²) in [7, 11) is 1.27. The molecule has 0 radical (unpaired) electrons. The van der Waals surface area contributed by atoms with Crippen molar-refractivity contribution >= 4 is 11.9 Å². The molecule has 0 saturated carbocycles. The van der Waals surface area contributed by atoms with Crippen LogP contribution in [0.4, 0.5) is 13.6 Å². The Labute approximate surface area is 129 Å². The van der Waals surface area contributed by atoms with E-state index in [9.17, 15) is 18.4 Å². The number of rotatable bonds is 1. The van der Waals surface area contributed by atoms with E-state index < -0.39 is 29.1 Å². The lowest BCUT2D eigenvalue weighted by Crippen LogP contribution is -2.43. The standard InChI is InChI=1S/C16H10F2N2O3/c1-23-13-11(18)5-4-9-8-3-2-7(17)6-10(8)16(12(9)13)14(21)19-15(22)20-16/h2-6H,1H3,(H2,19,20,21,22)/t16-/m0/s1. The van der Waals surface area contributed by atoms with Gasteiger partial charge in [0.1, 0.15) is 5.82 Å². The van der Waals surface area contributed by atoms with Crippen LogP contribution in [0.25, 0.3) is 11.1 Å². The number of methoxy groups -OCH3 is 1. The van der Waals surface area contributed by atoms with Crippen LogP contribution in [-0.4, -0.2) is 19.0 Å². The number of carbonyl (C=O) groups is 2. The molecule has 0 bridgehead atoms. The van der Waals surface area contributed by atoms with E-state index in [0.29, 0.717) is 11.1 Å². The van der Waals surface area contributed by atoms with Crippen LogP contribution in [0.1, 0.15) is 11.1 Å². The van der Waals surface area contributed by atoms with Gasteiger partial charge in [-0.15, -0.1) is 0 Å². The second-order valence-electron chi connectivity index (χ2n) is 5.35. The summed E-state index contributed by atoms with van der Waals surface area (Å²) in [5, 5.41) is 4.64. The van der Waals surface area contributed by atoms with Crippen molar-refractivity contribution in [1.82, 2.24) is 10.6 Å². The monoisotopic (exact) mass is 316 g/mol. The first-order valence-electron chi connectivity index (χ1n) is 6.80. The highest BCUT2D eigenvalue weighted by Gasteiger charge is 2.57. The molecule has 2 aliphatic rings. The van der Waals surface area contributed by atoms with Gasteiger partial charge in [0.25, 0.3) is 5.91 Å². The topological polar surface area (TPSA) is 67.4 Å². The van der Waals surface area contributed by atoms with Crippen molar-refractivity contribution in [3.05, 3.63) is 53.1 Å². The summed E-state index contributed by atoms with van der Waals surface area (Å²) < 4.78 is 33.0. The van der Waals surface area contributed by atoms with Gasteiger partial charge >= 0.3 is 6.03 Å². The van der Waals surface area contributed by atoms with Crippen molar-refractivity contribution in [3.63, 3.8) is 0 Å². The average Bonchev–Trinajstić information content (AvgIpc) is 2.95. The SMILES string of the molecule is COc1c(F)ccc2c1[C@@]1(NC(=O)NC1=O)c1cc(F)ccc1-2. The number of halogens is 2.